The minimum absolute atomic E-state index is 0.257. The molecule has 16 heavy (non-hydrogen) atoms. The molecular weight excluding hydrogens is 204 g/mol. The first kappa shape index (κ1) is 10.2. The van der Waals surface area contributed by atoms with E-state index in [0.717, 1.165) is 10.9 Å². The van der Waals surface area contributed by atoms with Crippen molar-refractivity contribution in [1.82, 2.24) is 4.57 Å². The zero-order valence-electron chi connectivity index (χ0n) is 8.77. The molecule has 0 aliphatic heterocycles. The number of carbonyl (C=O) groups is 1. The van der Waals surface area contributed by atoms with E-state index >= 15 is 0 Å². The van der Waals surface area contributed by atoms with Crippen molar-refractivity contribution in [2.24, 2.45) is 0 Å². The summed E-state index contributed by atoms with van der Waals surface area (Å²) in [5, 5.41) is 18.7. The molecule has 2 rings (SSSR count). The van der Waals surface area contributed by atoms with Gasteiger partial charge in [-0.1, -0.05) is 6.07 Å². The van der Waals surface area contributed by atoms with E-state index in [1.165, 1.54) is 0 Å². The second kappa shape index (κ2) is 3.70. The Bertz CT molecular complexity index is 605. The monoisotopic (exact) mass is 214 g/mol. The summed E-state index contributed by atoms with van der Waals surface area (Å²) in [5.74, 6) is -0.948. The van der Waals surface area contributed by atoms with Gasteiger partial charge in [-0.05, 0) is 25.1 Å². The Hall–Kier alpha value is -2.28. The second-order valence-electron chi connectivity index (χ2n) is 3.46. The summed E-state index contributed by atoms with van der Waals surface area (Å²) in [4.78, 5) is 11.0. The molecule has 0 atom stereocenters. The van der Waals surface area contributed by atoms with E-state index in [4.69, 9.17) is 10.4 Å². The van der Waals surface area contributed by atoms with Crippen LogP contribution in [0.3, 0.4) is 0 Å². The van der Waals surface area contributed by atoms with Crippen molar-refractivity contribution in [3.05, 3.63) is 35.5 Å². The van der Waals surface area contributed by atoms with Crippen molar-refractivity contribution in [2.45, 2.75) is 13.5 Å². The van der Waals surface area contributed by atoms with Crippen LogP contribution in [0.15, 0.2) is 24.3 Å². The Balaban J connectivity index is 2.79. The standard InChI is InChI=1S/C12H10N2O2/c1-2-14-10-5-8(7-13)3-4-9(10)6-11(14)12(15)16/h3-6H,2H2,1H3,(H,15,16). The molecule has 1 heterocycles. The smallest absolute Gasteiger partial charge is 0.352 e. The number of aryl methyl sites for hydroxylation is 1. The molecule has 2 aromatic rings. The van der Waals surface area contributed by atoms with E-state index in [9.17, 15) is 4.79 Å². The largest absolute Gasteiger partial charge is 0.477 e. The van der Waals surface area contributed by atoms with Crippen LogP contribution in [-0.4, -0.2) is 15.6 Å². The van der Waals surface area contributed by atoms with Crippen LogP contribution in [0.2, 0.25) is 0 Å². The number of benzene rings is 1. The maximum atomic E-state index is 11.0. The number of aromatic nitrogens is 1. The van der Waals surface area contributed by atoms with Crippen LogP contribution in [-0.2, 0) is 6.54 Å². The molecule has 0 aliphatic carbocycles. The molecule has 0 bridgehead atoms. The third kappa shape index (κ3) is 1.43. The molecule has 0 fully saturated rings. The highest BCUT2D eigenvalue weighted by Gasteiger charge is 2.13. The van der Waals surface area contributed by atoms with Crippen LogP contribution >= 0.6 is 0 Å². The molecule has 0 saturated heterocycles. The topological polar surface area (TPSA) is 66.0 Å². The van der Waals surface area contributed by atoms with Gasteiger partial charge in [0.05, 0.1) is 11.6 Å². The number of hydrogen-bond donors (Lipinski definition) is 1. The third-order valence-electron chi connectivity index (χ3n) is 2.57. The normalized spacial score (nSPS) is 10.2. The molecule has 0 spiro atoms. The van der Waals surface area contributed by atoms with E-state index in [0.29, 0.717) is 12.1 Å². The highest BCUT2D eigenvalue weighted by molar-refractivity contribution is 5.95. The lowest BCUT2D eigenvalue weighted by Gasteiger charge is -2.03. The quantitative estimate of drug-likeness (QED) is 0.833. The van der Waals surface area contributed by atoms with E-state index in [1.807, 2.05) is 13.0 Å². The average molecular weight is 214 g/mol. The third-order valence-corrected chi connectivity index (χ3v) is 2.57. The van der Waals surface area contributed by atoms with Gasteiger partial charge in [-0.3, -0.25) is 0 Å². The fourth-order valence-electron chi connectivity index (χ4n) is 1.84. The maximum Gasteiger partial charge on any atom is 0.352 e. The molecule has 0 saturated carbocycles. The molecule has 4 nitrogen and oxygen atoms in total. The number of carboxylic acid groups (broad SMARTS) is 1. The highest BCUT2D eigenvalue weighted by Crippen LogP contribution is 2.21. The first-order valence-corrected chi connectivity index (χ1v) is 4.94. The van der Waals surface area contributed by atoms with Crippen LogP contribution in [0.5, 0.6) is 0 Å². The van der Waals surface area contributed by atoms with Crippen molar-refractivity contribution < 1.29 is 9.90 Å². The zero-order valence-corrected chi connectivity index (χ0v) is 8.77. The first-order valence-electron chi connectivity index (χ1n) is 4.94. The number of carboxylic acids is 1. The van der Waals surface area contributed by atoms with E-state index in [1.54, 1.807) is 28.8 Å². The SMILES string of the molecule is CCn1c(C(=O)O)cc2ccc(C#N)cc21. The number of aromatic carboxylic acids is 1. The van der Waals surface area contributed by atoms with Gasteiger partial charge in [-0.2, -0.15) is 5.26 Å². The molecule has 1 aromatic heterocycles. The Labute approximate surface area is 92.3 Å². The van der Waals surface area contributed by atoms with Crippen molar-refractivity contribution in [3.63, 3.8) is 0 Å². The number of nitriles is 1. The molecule has 0 aliphatic rings. The van der Waals surface area contributed by atoms with E-state index in [2.05, 4.69) is 0 Å². The van der Waals surface area contributed by atoms with Crippen LogP contribution in [0, 0.1) is 11.3 Å². The van der Waals surface area contributed by atoms with Crippen molar-refractivity contribution in [2.75, 3.05) is 0 Å². The van der Waals surface area contributed by atoms with Crippen LogP contribution in [0.4, 0.5) is 0 Å². The van der Waals surface area contributed by atoms with Crippen molar-refractivity contribution >= 4 is 16.9 Å². The van der Waals surface area contributed by atoms with Crippen molar-refractivity contribution in [1.29, 1.82) is 5.26 Å². The lowest BCUT2D eigenvalue weighted by atomic mass is 10.2. The molecule has 1 aromatic carbocycles. The minimum Gasteiger partial charge on any atom is -0.477 e. The first-order chi connectivity index (χ1) is 7.67. The maximum absolute atomic E-state index is 11.0. The predicted octanol–water partition coefficient (Wildman–Crippen LogP) is 2.23. The Morgan fingerprint density at radius 2 is 2.25 bits per heavy atom. The molecule has 80 valence electrons. The van der Waals surface area contributed by atoms with Crippen LogP contribution in [0.25, 0.3) is 10.9 Å². The van der Waals surface area contributed by atoms with Gasteiger partial charge in [0.1, 0.15) is 5.69 Å². The van der Waals surface area contributed by atoms with Crippen LogP contribution < -0.4 is 0 Å². The summed E-state index contributed by atoms with van der Waals surface area (Å²) in [6.45, 7) is 2.45. The minimum atomic E-state index is -0.948. The van der Waals surface area contributed by atoms with Gasteiger partial charge in [0.15, 0.2) is 0 Å². The lowest BCUT2D eigenvalue weighted by Crippen LogP contribution is -2.06. The van der Waals surface area contributed by atoms with E-state index in [-0.39, 0.29) is 5.69 Å². The Kier molecular flexibility index (Phi) is 2.37. The van der Waals surface area contributed by atoms with Crippen molar-refractivity contribution in [3.8, 4) is 6.07 Å². The predicted molar refractivity (Wildman–Crippen MR) is 59.3 cm³/mol. The molecule has 1 N–H and O–H groups in total. The number of fused-ring (bicyclic) bond motifs is 1. The van der Waals surface area contributed by atoms with Crippen LogP contribution in [0.1, 0.15) is 23.0 Å². The Morgan fingerprint density at radius 1 is 1.50 bits per heavy atom. The number of rotatable bonds is 2. The summed E-state index contributed by atoms with van der Waals surface area (Å²) in [5.41, 5.74) is 1.59. The number of hydrogen-bond acceptors (Lipinski definition) is 2. The Morgan fingerprint density at radius 3 is 2.81 bits per heavy atom. The number of nitrogens with zero attached hydrogens (tertiary/aromatic N) is 2. The van der Waals surface area contributed by atoms with Gasteiger partial charge in [0.2, 0.25) is 0 Å². The van der Waals surface area contributed by atoms with E-state index < -0.39 is 5.97 Å². The molecule has 4 heteroatoms. The van der Waals surface area contributed by atoms with Gasteiger partial charge < -0.3 is 9.67 Å². The zero-order chi connectivity index (χ0) is 11.7. The molecule has 0 radical (unpaired) electrons. The lowest BCUT2D eigenvalue weighted by molar-refractivity contribution is 0.0686. The fourth-order valence-corrected chi connectivity index (χ4v) is 1.84. The summed E-state index contributed by atoms with van der Waals surface area (Å²) in [6, 6.07) is 8.85. The van der Waals surface area contributed by atoms with Gasteiger partial charge in [0.25, 0.3) is 0 Å². The molecular formula is C12H10N2O2. The summed E-state index contributed by atoms with van der Waals surface area (Å²) >= 11 is 0. The molecule has 0 unspecified atom stereocenters. The summed E-state index contributed by atoms with van der Waals surface area (Å²) in [7, 11) is 0. The summed E-state index contributed by atoms with van der Waals surface area (Å²) in [6.07, 6.45) is 0. The molecule has 0 amide bonds. The van der Waals surface area contributed by atoms with Gasteiger partial charge >= 0.3 is 5.97 Å². The van der Waals surface area contributed by atoms with Gasteiger partial charge in [-0.25, -0.2) is 4.79 Å². The average Bonchev–Trinajstić information content (AvgIpc) is 2.66. The van der Waals surface area contributed by atoms with Gasteiger partial charge in [-0.15, -0.1) is 0 Å². The van der Waals surface area contributed by atoms with Gasteiger partial charge in [0, 0.05) is 17.4 Å². The highest BCUT2D eigenvalue weighted by atomic mass is 16.4. The second-order valence-corrected chi connectivity index (χ2v) is 3.46. The fraction of sp³-hybridized carbons (Fsp3) is 0.167. The summed E-state index contributed by atoms with van der Waals surface area (Å²) < 4.78 is 1.69.